The number of phenolic OH excluding ortho intramolecular Hbond substituents is 1. The van der Waals surface area contributed by atoms with Crippen LogP contribution >= 0.6 is 0 Å². The van der Waals surface area contributed by atoms with Crippen molar-refractivity contribution in [3.63, 3.8) is 0 Å². The summed E-state index contributed by atoms with van der Waals surface area (Å²) in [6.45, 7) is 0. The minimum Gasteiger partial charge on any atom is -0.508 e. The number of anilines is 2. The Morgan fingerprint density at radius 3 is 2.24 bits per heavy atom. The van der Waals surface area contributed by atoms with Gasteiger partial charge in [-0.15, -0.1) is 0 Å². The molecule has 2 aromatic carbocycles. The summed E-state index contributed by atoms with van der Waals surface area (Å²) in [6, 6.07) is 9.19. The minimum atomic E-state index is -0.357. The Morgan fingerprint density at radius 2 is 1.71 bits per heavy atom. The van der Waals surface area contributed by atoms with E-state index in [1.807, 2.05) is 0 Å². The first kappa shape index (κ1) is 14.5. The quantitative estimate of drug-likeness (QED) is 0.592. The number of methoxy groups -OCH3 is 2. The highest BCUT2D eigenvalue weighted by atomic mass is 16.5. The maximum absolute atomic E-state index is 12.2. The molecule has 0 radical (unpaired) electrons. The molecule has 1 amide bonds. The number of nitrogens with one attached hydrogen (secondary N) is 1. The average molecular weight is 288 g/mol. The van der Waals surface area contributed by atoms with Crippen LogP contribution in [0.2, 0.25) is 0 Å². The second-order valence-electron chi connectivity index (χ2n) is 4.33. The lowest BCUT2D eigenvalue weighted by Crippen LogP contribution is -2.13. The van der Waals surface area contributed by atoms with Crippen LogP contribution in [-0.4, -0.2) is 25.2 Å². The number of hydrogen-bond acceptors (Lipinski definition) is 5. The first-order valence-corrected chi connectivity index (χ1v) is 6.16. The van der Waals surface area contributed by atoms with E-state index in [0.29, 0.717) is 22.7 Å². The molecule has 6 nitrogen and oxygen atoms in total. The fourth-order valence-corrected chi connectivity index (χ4v) is 1.80. The molecule has 0 aliphatic heterocycles. The molecule has 0 aliphatic carbocycles. The van der Waals surface area contributed by atoms with Crippen LogP contribution in [0.5, 0.6) is 17.2 Å². The molecule has 0 saturated carbocycles. The second kappa shape index (κ2) is 6.04. The van der Waals surface area contributed by atoms with Gasteiger partial charge in [-0.2, -0.15) is 0 Å². The van der Waals surface area contributed by atoms with E-state index < -0.39 is 0 Å². The van der Waals surface area contributed by atoms with Gasteiger partial charge in [-0.25, -0.2) is 0 Å². The number of benzene rings is 2. The van der Waals surface area contributed by atoms with E-state index in [4.69, 9.17) is 15.2 Å². The van der Waals surface area contributed by atoms with Crippen LogP contribution in [0, 0.1) is 0 Å². The average Bonchev–Trinajstić information content (AvgIpc) is 2.49. The molecule has 2 rings (SSSR count). The van der Waals surface area contributed by atoms with Gasteiger partial charge in [-0.1, -0.05) is 0 Å². The second-order valence-corrected chi connectivity index (χ2v) is 4.33. The van der Waals surface area contributed by atoms with Crippen LogP contribution in [0.1, 0.15) is 10.4 Å². The fraction of sp³-hybridized carbons (Fsp3) is 0.133. The molecule has 0 saturated heterocycles. The van der Waals surface area contributed by atoms with Gasteiger partial charge in [-0.3, -0.25) is 4.79 Å². The lowest BCUT2D eigenvalue weighted by Gasteiger charge is -2.11. The standard InChI is InChI=1S/C15H16N2O4/c1-20-11-5-9(6-12(8-11)21-2)15(19)17-14-4-3-10(18)7-13(14)16/h3-8,18H,16H2,1-2H3,(H,17,19). The number of amides is 1. The van der Waals surface area contributed by atoms with Gasteiger partial charge in [0.25, 0.3) is 5.91 Å². The van der Waals surface area contributed by atoms with Crippen LogP contribution in [0.15, 0.2) is 36.4 Å². The van der Waals surface area contributed by atoms with Gasteiger partial charge in [0.15, 0.2) is 0 Å². The smallest absolute Gasteiger partial charge is 0.255 e. The number of nitrogen functional groups attached to an aromatic ring is 1. The topological polar surface area (TPSA) is 93.8 Å². The number of ether oxygens (including phenoxy) is 2. The van der Waals surface area contributed by atoms with Gasteiger partial charge in [0.1, 0.15) is 17.2 Å². The van der Waals surface area contributed by atoms with Crippen molar-refractivity contribution in [3.8, 4) is 17.2 Å². The normalized spacial score (nSPS) is 10.0. The Kier molecular flexibility index (Phi) is 4.18. The molecule has 0 atom stereocenters. The summed E-state index contributed by atoms with van der Waals surface area (Å²) < 4.78 is 10.2. The summed E-state index contributed by atoms with van der Waals surface area (Å²) in [6.07, 6.45) is 0. The third kappa shape index (κ3) is 3.36. The van der Waals surface area contributed by atoms with Crippen molar-refractivity contribution in [1.29, 1.82) is 0 Å². The molecule has 0 aliphatic rings. The zero-order valence-corrected chi connectivity index (χ0v) is 11.7. The molecular weight excluding hydrogens is 272 g/mol. The van der Waals surface area contributed by atoms with E-state index in [2.05, 4.69) is 5.32 Å². The Morgan fingerprint density at radius 1 is 1.10 bits per heavy atom. The Balaban J connectivity index is 2.27. The van der Waals surface area contributed by atoms with Crippen molar-refractivity contribution < 1.29 is 19.4 Å². The van der Waals surface area contributed by atoms with Gasteiger partial charge in [0, 0.05) is 17.7 Å². The largest absolute Gasteiger partial charge is 0.508 e. The van der Waals surface area contributed by atoms with Crippen LogP contribution in [0.3, 0.4) is 0 Å². The molecule has 0 fully saturated rings. The molecule has 0 unspecified atom stereocenters. The highest BCUT2D eigenvalue weighted by Gasteiger charge is 2.11. The van der Waals surface area contributed by atoms with Gasteiger partial charge >= 0.3 is 0 Å². The first-order valence-electron chi connectivity index (χ1n) is 6.16. The van der Waals surface area contributed by atoms with E-state index >= 15 is 0 Å². The van der Waals surface area contributed by atoms with Gasteiger partial charge in [0.05, 0.1) is 25.6 Å². The Bertz CT molecular complexity index is 648. The van der Waals surface area contributed by atoms with Crippen molar-refractivity contribution in [2.24, 2.45) is 0 Å². The van der Waals surface area contributed by atoms with Crippen molar-refractivity contribution in [2.45, 2.75) is 0 Å². The molecule has 0 heterocycles. The minimum absolute atomic E-state index is 0.0357. The number of phenols is 1. The van der Waals surface area contributed by atoms with Crippen molar-refractivity contribution in [1.82, 2.24) is 0 Å². The molecule has 6 heteroatoms. The highest BCUT2D eigenvalue weighted by molar-refractivity contribution is 6.06. The van der Waals surface area contributed by atoms with E-state index in [1.165, 1.54) is 32.4 Å². The summed E-state index contributed by atoms with van der Waals surface area (Å²) in [4.78, 5) is 12.2. The fourth-order valence-electron chi connectivity index (χ4n) is 1.80. The molecule has 0 bridgehead atoms. The van der Waals surface area contributed by atoms with Crippen LogP contribution in [0.4, 0.5) is 11.4 Å². The van der Waals surface area contributed by atoms with E-state index in [9.17, 15) is 9.90 Å². The molecule has 21 heavy (non-hydrogen) atoms. The SMILES string of the molecule is COc1cc(OC)cc(C(=O)Nc2ccc(O)cc2N)c1. The summed E-state index contributed by atoms with van der Waals surface area (Å²) in [5.41, 5.74) is 6.80. The third-order valence-electron chi connectivity index (χ3n) is 2.90. The van der Waals surface area contributed by atoms with E-state index in [0.717, 1.165) is 0 Å². The maximum Gasteiger partial charge on any atom is 0.255 e. The monoisotopic (exact) mass is 288 g/mol. The van der Waals surface area contributed by atoms with Crippen molar-refractivity contribution >= 4 is 17.3 Å². The third-order valence-corrected chi connectivity index (χ3v) is 2.90. The highest BCUT2D eigenvalue weighted by Crippen LogP contribution is 2.26. The van der Waals surface area contributed by atoms with Crippen LogP contribution in [0.25, 0.3) is 0 Å². The predicted molar refractivity (Wildman–Crippen MR) is 80.0 cm³/mol. The van der Waals surface area contributed by atoms with Gasteiger partial charge in [-0.05, 0) is 24.3 Å². The lowest BCUT2D eigenvalue weighted by molar-refractivity contribution is 0.102. The molecular formula is C15H16N2O4. The number of aromatic hydroxyl groups is 1. The summed E-state index contributed by atoms with van der Waals surface area (Å²) in [7, 11) is 3.02. The van der Waals surface area contributed by atoms with Gasteiger partial charge in [0.2, 0.25) is 0 Å². The van der Waals surface area contributed by atoms with Crippen molar-refractivity contribution in [2.75, 3.05) is 25.3 Å². The maximum atomic E-state index is 12.2. The van der Waals surface area contributed by atoms with E-state index in [-0.39, 0.29) is 17.3 Å². The number of rotatable bonds is 4. The number of hydrogen-bond donors (Lipinski definition) is 3. The summed E-state index contributed by atoms with van der Waals surface area (Å²) >= 11 is 0. The molecule has 0 aromatic heterocycles. The molecule has 0 spiro atoms. The molecule has 4 N–H and O–H groups in total. The summed E-state index contributed by atoms with van der Waals surface area (Å²) in [5.74, 6) is 0.703. The predicted octanol–water partition coefficient (Wildman–Crippen LogP) is 2.24. The van der Waals surface area contributed by atoms with Crippen LogP contribution in [-0.2, 0) is 0 Å². The van der Waals surface area contributed by atoms with Crippen LogP contribution < -0.4 is 20.5 Å². The van der Waals surface area contributed by atoms with E-state index in [1.54, 1.807) is 18.2 Å². The number of carbonyl (C=O) groups excluding carboxylic acids is 1. The lowest BCUT2D eigenvalue weighted by atomic mass is 10.1. The molecule has 2 aromatic rings. The number of nitrogens with two attached hydrogens (primary N) is 1. The van der Waals surface area contributed by atoms with Gasteiger partial charge < -0.3 is 25.6 Å². The zero-order chi connectivity index (χ0) is 15.4. The summed E-state index contributed by atoms with van der Waals surface area (Å²) in [5, 5.41) is 12.0. The Hall–Kier alpha value is -2.89. The first-order chi connectivity index (χ1) is 10.0. The Labute approximate surface area is 122 Å². The number of carbonyl (C=O) groups is 1. The molecule has 110 valence electrons. The van der Waals surface area contributed by atoms with Crippen molar-refractivity contribution in [3.05, 3.63) is 42.0 Å². The zero-order valence-electron chi connectivity index (χ0n) is 11.7.